The highest BCUT2D eigenvalue weighted by Crippen LogP contribution is 2.19. The Bertz CT molecular complexity index is 334. The van der Waals surface area contributed by atoms with E-state index in [9.17, 15) is 0 Å². The Labute approximate surface area is 90.2 Å². The van der Waals surface area contributed by atoms with Crippen LogP contribution < -0.4 is 10.1 Å². The van der Waals surface area contributed by atoms with Crippen molar-refractivity contribution in [3.63, 3.8) is 0 Å². The fraction of sp³-hybridized carbons (Fsp3) is 0.417. The van der Waals surface area contributed by atoms with Gasteiger partial charge < -0.3 is 10.1 Å². The molecule has 1 aromatic rings. The van der Waals surface area contributed by atoms with E-state index in [0.717, 1.165) is 12.2 Å². The Morgan fingerprint density at radius 3 is 3.13 bits per heavy atom. The molecule has 1 aliphatic rings. The zero-order valence-electron chi connectivity index (χ0n) is 8.78. The Morgan fingerprint density at radius 2 is 2.40 bits per heavy atom. The van der Waals surface area contributed by atoms with Gasteiger partial charge in [0.1, 0.15) is 6.61 Å². The summed E-state index contributed by atoms with van der Waals surface area (Å²) in [5.74, 6) is 0.671. The van der Waals surface area contributed by atoms with E-state index in [1.807, 2.05) is 18.2 Å². The van der Waals surface area contributed by atoms with Crippen molar-refractivity contribution in [2.24, 2.45) is 0 Å². The second kappa shape index (κ2) is 4.94. The lowest BCUT2D eigenvalue weighted by Crippen LogP contribution is -2.16. The van der Waals surface area contributed by atoms with Crippen LogP contribution in [0.4, 0.5) is 0 Å². The molecule has 0 unspecified atom stereocenters. The zero-order chi connectivity index (χ0) is 10.5. The van der Waals surface area contributed by atoms with Gasteiger partial charge in [-0.1, -0.05) is 18.7 Å². The Hall–Kier alpha value is -1.35. The van der Waals surface area contributed by atoms with Gasteiger partial charge in [-0.25, -0.2) is 4.98 Å². The summed E-state index contributed by atoms with van der Waals surface area (Å²) in [7, 11) is 0. The predicted molar refractivity (Wildman–Crippen MR) is 59.8 cm³/mol. The molecular weight excluding hydrogens is 188 g/mol. The van der Waals surface area contributed by atoms with Crippen LogP contribution in [0.5, 0.6) is 5.88 Å². The molecule has 0 bridgehead atoms. The van der Waals surface area contributed by atoms with Crippen molar-refractivity contribution in [1.82, 2.24) is 10.3 Å². The minimum Gasteiger partial charge on any atom is -0.473 e. The van der Waals surface area contributed by atoms with Gasteiger partial charge in [0.25, 0.3) is 0 Å². The van der Waals surface area contributed by atoms with Crippen molar-refractivity contribution in [1.29, 1.82) is 0 Å². The molecule has 0 saturated heterocycles. The van der Waals surface area contributed by atoms with E-state index in [4.69, 9.17) is 4.74 Å². The SMILES string of the molecule is C=CCOc1cccc(CNC2CC2)n1. The summed E-state index contributed by atoms with van der Waals surface area (Å²) in [6.07, 6.45) is 4.32. The molecule has 1 N–H and O–H groups in total. The molecule has 1 aromatic heterocycles. The molecule has 3 nitrogen and oxygen atoms in total. The summed E-state index contributed by atoms with van der Waals surface area (Å²) in [4.78, 5) is 4.38. The lowest BCUT2D eigenvalue weighted by molar-refractivity contribution is 0.347. The van der Waals surface area contributed by atoms with Crippen LogP contribution in [0, 0.1) is 0 Å². The molecule has 15 heavy (non-hydrogen) atoms. The van der Waals surface area contributed by atoms with Crippen LogP contribution in [-0.2, 0) is 6.54 Å². The van der Waals surface area contributed by atoms with Crippen molar-refractivity contribution in [2.75, 3.05) is 6.61 Å². The molecule has 1 heterocycles. The first-order chi connectivity index (χ1) is 7.38. The fourth-order valence-electron chi connectivity index (χ4n) is 1.32. The van der Waals surface area contributed by atoms with Gasteiger partial charge >= 0.3 is 0 Å². The molecular formula is C12H16N2O. The summed E-state index contributed by atoms with van der Waals surface area (Å²) >= 11 is 0. The lowest BCUT2D eigenvalue weighted by Gasteiger charge is -2.05. The highest BCUT2D eigenvalue weighted by Gasteiger charge is 2.20. The standard InChI is InChI=1S/C12H16N2O/c1-2-8-15-12-5-3-4-11(14-12)9-13-10-6-7-10/h2-5,10,13H,1,6-9H2. The molecule has 0 atom stereocenters. The highest BCUT2D eigenvalue weighted by molar-refractivity contribution is 5.16. The molecule has 0 spiro atoms. The third kappa shape index (κ3) is 3.36. The molecule has 1 fully saturated rings. The summed E-state index contributed by atoms with van der Waals surface area (Å²) in [5.41, 5.74) is 1.03. The first kappa shape index (κ1) is 10.2. The van der Waals surface area contributed by atoms with Crippen LogP contribution in [0.1, 0.15) is 18.5 Å². The summed E-state index contributed by atoms with van der Waals surface area (Å²) < 4.78 is 5.36. The molecule has 3 heteroatoms. The van der Waals surface area contributed by atoms with Gasteiger partial charge in [-0.3, -0.25) is 0 Å². The topological polar surface area (TPSA) is 34.1 Å². The number of hydrogen-bond acceptors (Lipinski definition) is 3. The van der Waals surface area contributed by atoms with Crippen molar-refractivity contribution in [3.8, 4) is 5.88 Å². The van der Waals surface area contributed by atoms with Gasteiger partial charge in [0.2, 0.25) is 5.88 Å². The molecule has 80 valence electrons. The van der Waals surface area contributed by atoms with Gasteiger partial charge in [-0.2, -0.15) is 0 Å². The number of pyridine rings is 1. The molecule has 0 aliphatic heterocycles. The zero-order valence-corrected chi connectivity index (χ0v) is 8.78. The van der Waals surface area contributed by atoms with E-state index < -0.39 is 0 Å². The quantitative estimate of drug-likeness (QED) is 0.719. The second-order valence-corrected chi connectivity index (χ2v) is 3.72. The van der Waals surface area contributed by atoms with E-state index in [1.54, 1.807) is 6.08 Å². The molecule has 0 aromatic carbocycles. The number of hydrogen-bond donors (Lipinski definition) is 1. The van der Waals surface area contributed by atoms with Crippen molar-refractivity contribution >= 4 is 0 Å². The molecule has 1 saturated carbocycles. The first-order valence-electron chi connectivity index (χ1n) is 5.31. The minimum atomic E-state index is 0.506. The van der Waals surface area contributed by atoms with E-state index in [1.165, 1.54) is 12.8 Å². The summed E-state index contributed by atoms with van der Waals surface area (Å²) in [6.45, 7) is 4.94. The van der Waals surface area contributed by atoms with Crippen LogP contribution in [0.2, 0.25) is 0 Å². The predicted octanol–water partition coefficient (Wildman–Crippen LogP) is 1.90. The maximum Gasteiger partial charge on any atom is 0.213 e. The Balaban J connectivity index is 1.88. The number of rotatable bonds is 6. The van der Waals surface area contributed by atoms with Crippen LogP contribution >= 0.6 is 0 Å². The van der Waals surface area contributed by atoms with Gasteiger partial charge in [0, 0.05) is 18.7 Å². The second-order valence-electron chi connectivity index (χ2n) is 3.72. The first-order valence-corrected chi connectivity index (χ1v) is 5.31. The van der Waals surface area contributed by atoms with Crippen molar-refractivity contribution < 1.29 is 4.74 Å². The minimum absolute atomic E-state index is 0.506. The molecule has 2 rings (SSSR count). The Kier molecular flexibility index (Phi) is 3.35. The summed E-state index contributed by atoms with van der Waals surface area (Å²) in [6, 6.07) is 6.56. The average molecular weight is 204 g/mol. The van der Waals surface area contributed by atoms with Gasteiger partial charge in [-0.05, 0) is 18.9 Å². The maximum absolute atomic E-state index is 5.36. The van der Waals surface area contributed by atoms with Gasteiger partial charge in [0.15, 0.2) is 0 Å². The van der Waals surface area contributed by atoms with Crippen LogP contribution in [0.15, 0.2) is 30.9 Å². The summed E-state index contributed by atoms with van der Waals surface area (Å²) in [5, 5.41) is 3.42. The third-order valence-electron chi connectivity index (χ3n) is 2.28. The average Bonchev–Trinajstić information content (AvgIpc) is 3.08. The van der Waals surface area contributed by atoms with E-state index in [-0.39, 0.29) is 0 Å². The molecule has 1 aliphatic carbocycles. The number of ether oxygens (including phenoxy) is 1. The Morgan fingerprint density at radius 1 is 1.53 bits per heavy atom. The van der Waals surface area contributed by atoms with E-state index >= 15 is 0 Å². The van der Waals surface area contributed by atoms with Crippen LogP contribution in [0.25, 0.3) is 0 Å². The van der Waals surface area contributed by atoms with Gasteiger partial charge in [0.05, 0.1) is 5.69 Å². The highest BCUT2D eigenvalue weighted by atomic mass is 16.5. The number of nitrogens with zero attached hydrogens (tertiary/aromatic N) is 1. The monoisotopic (exact) mass is 204 g/mol. The number of aromatic nitrogens is 1. The molecule has 0 amide bonds. The van der Waals surface area contributed by atoms with Gasteiger partial charge in [-0.15, -0.1) is 0 Å². The lowest BCUT2D eigenvalue weighted by atomic mass is 10.3. The fourth-order valence-corrected chi connectivity index (χ4v) is 1.32. The largest absolute Gasteiger partial charge is 0.473 e. The third-order valence-corrected chi connectivity index (χ3v) is 2.28. The number of nitrogens with one attached hydrogen (secondary N) is 1. The van der Waals surface area contributed by atoms with Crippen molar-refractivity contribution in [3.05, 3.63) is 36.5 Å². The van der Waals surface area contributed by atoms with Crippen LogP contribution in [-0.4, -0.2) is 17.6 Å². The molecule has 0 radical (unpaired) electrons. The van der Waals surface area contributed by atoms with Crippen LogP contribution in [0.3, 0.4) is 0 Å². The van der Waals surface area contributed by atoms with E-state index in [0.29, 0.717) is 18.5 Å². The smallest absolute Gasteiger partial charge is 0.213 e. The van der Waals surface area contributed by atoms with Crippen molar-refractivity contribution in [2.45, 2.75) is 25.4 Å². The van der Waals surface area contributed by atoms with E-state index in [2.05, 4.69) is 16.9 Å². The normalized spacial score (nSPS) is 14.9. The maximum atomic E-state index is 5.36.